The summed E-state index contributed by atoms with van der Waals surface area (Å²) in [7, 11) is -4.56. The van der Waals surface area contributed by atoms with Crippen molar-refractivity contribution in [2.45, 2.75) is 38.4 Å². The van der Waals surface area contributed by atoms with Gasteiger partial charge in [-0.05, 0) is 26.0 Å². The van der Waals surface area contributed by atoms with Crippen molar-refractivity contribution in [2.24, 2.45) is 0 Å². The van der Waals surface area contributed by atoms with E-state index in [0.717, 1.165) is 5.56 Å². The summed E-state index contributed by atoms with van der Waals surface area (Å²) in [5.41, 5.74) is 1.07. The molecule has 0 aromatic heterocycles. The van der Waals surface area contributed by atoms with Crippen LogP contribution in [0.2, 0.25) is 19.6 Å². The van der Waals surface area contributed by atoms with Gasteiger partial charge >= 0.3 is 0 Å². The van der Waals surface area contributed by atoms with Crippen LogP contribution in [-0.2, 0) is 9.84 Å². The van der Waals surface area contributed by atoms with E-state index >= 15 is 0 Å². The van der Waals surface area contributed by atoms with Gasteiger partial charge in [0.2, 0.25) is 0 Å². The number of hydrogen-bond acceptors (Lipinski definition) is 2. The molecule has 0 unspecified atom stereocenters. The van der Waals surface area contributed by atoms with Crippen LogP contribution < -0.4 is 0 Å². The fraction of sp³-hybridized carbons (Fsp3) is 0.429. The molecule has 0 saturated heterocycles. The highest BCUT2D eigenvalue weighted by molar-refractivity contribution is 7.91. The van der Waals surface area contributed by atoms with E-state index in [-0.39, 0.29) is 5.75 Å². The lowest BCUT2D eigenvalue weighted by molar-refractivity contribution is 0.599. The molecule has 1 aromatic carbocycles. The number of aryl methyl sites for hydroxylation is 1. The Labute approximate surface area is 112 Å². The van der Waals surface area contributed by atoms with Crippen molar-refractivity contribution in [3.05, 3.63) is 41.1 Å². The monoisotopic (exact) mass is 282 g/mol. The molecule has 1 rings (SSSR count). The third kappa shape index (κ3) is 4.10. The zero-order valence-corrected chi connectivity index (χ0v) is 13.6. The highest BCUT2D eigenvalue weighted by Crippen LogP contribution is 2.16. The normalized spacial score (nSPS) is 13.7. The maximum Gasteiger partial charge on any atom is 0.181 e. The average Bonchev–Trinajstić information content (AvgIpc) is 2.25. The van der Waals surface area contributed by atoms with Gasteiger partial charge in [-0.1, -0.05) is 48.6 Å². The van der Waals surface area contributed by atoms with Crippen LogP contribution in [0.1, 0.15) is 12.5 Å². The first-order valence-corrected chi connectivity index (χ1v) is 11.2. The molecule has 0 fully saturated rings. The van der Waals surface area contributed by atoms with E-state index in [9.17, 15) is 8.42 Å². The topological polar surface area (TPSA) is 34.1 Å². The molecule has 2 nitrogen and oxygen atoms in total. The summed E-state index contributed by atoms with van der Waals surface area (Å²) in [6, 6.07) is 7.04. The van der Waals surface area contributed by atoms with E-state index in [4.69, 9.17) is 0 Å². The Morgan fingerprint density at radius 3 is 2.11 bits per heavy atom. The van der Waals surface area contributed by atoms with Crippen LogP contribution in [-0.4, -0.2) is 22.2 Å². The van der Waals surface area contributed by atoms with Gasteiger partial charge in [-0.15, -0.1) is 0 Å². The maximum absolute atomic E-state index is 12.1. The van der Waals surface area contributed by atoms with Crippen molar-refractivity contribution in [1.82, 2.24) is 0 Å². The van der Waals surface area contributed by atoms with Crippen molar-refractivity contribution in [3.63, 3.8) is 0 Å². The summed E-state index contributed by atoms with van der Waals surface area (Å²) in [5, 5.41) is 1.23. The van der Waals surface area contributed by atoms with E-state index in [2.05, 4.69) is 19.6 Å². The SMILES string of the molecule is CC(=CCS(=O)(=O)c1ccc(C)cc1)[Si](C)(C)C. The Morgan fingerprint density at radius 2 is 1.67 bits per heavy atom. The smallest absolute Gasteiger partial charge is 0.181 e. The maximum atomic E-state index is 12.1. The van der Waals surface area contributed by atoms with Crippen LogP contribution in [0.3, 0.4) is 0 Å². The second kappa shape index (κ2) is 5.41. The second-order valence-electron chi connectivity index (χ2n) is 5.73. The fourth-order valence-electron chi connectivity index (χ4n) is 1.38. The molecule has 0 saturated carbocycles. The third-order valence-electron chi connectivity index (χ3n) is 3.17. The minimum absolute atomic E-state index is 0.103. The molecule has 0 atom stereocenters. The number of sulfone groups is 1. The quantitative estimate of drug-likeness (QED) is 0.791. The van der Waals surface area contributed by atoms with Crippen LogP contribution >= 0.6 is 0 Å². The molecule has 0 aliphatic carbocycles. The van der Waals surface area contributed by atoms with Gasteiger partial charge in [0.15, 0.2) is 9.84 Å². The molecule has 18 heavy (non-hydrogen) atoms. The Hall–Kier alpha value is -0.873. The van der Waals surface area contributed by atoms with Gasteiger partial charge in [0, 0.05) is 0 Å². The lowest BCUT2D eigenvalue weighted by atomic mass is 10.2. The summed E-state index contributed by atoms with van der Waals surface area (Å²) in [6.45, 7) is 10.6. The molecule has 1 aromatic rings. The largest absolute Gasteiger partial charge is 0.223 e. The molecule has 0 N–H and O–H groups in total. The number of benzene rings is 1. The molecular formula is C14H22O2SSi. The summed E-state index contributed by atoms with van der Waals surface area (Å²) in [6.07, 6.45) is 1.88. The van der Waals surface area contributed by atoms with E-state index in [1.165, 1.54) is 5.20 Å². The van der Waals surface area contributed by atoms with Crippen molar-refractivity contribution in [1.29, 1.82) is 0 Å². The number of allylic oxidation sites excluding steroid dienone is 1. The zero-order chi connectivity index (χ0) is 14.0. The number of rotatable bonds is 4. The average molecular weight is 282 g/mol. The van der Waals surface area contributed by atoms with Crippen LogP contribution in [0.15, 0.2) is 40.4 Å². The van der Waals surface area contributed by atoms with Crippen molar-refractivity contribution in [2.75, 3.05) is 5.75 Å². The molecule has 100 valence electrons. The molecule has 0 aliphatic heterocycles. The van der Waals surface area contributed by atoms with Crippen molar-refractivity contribution >= 4 is 17.9 Å². The molecule has 0 aliphatic rings. The van der Waals surface area contributed by atoms with Crippen molar-refractivity contribution < 1.29 is 8.42 Å². The standard InChI is InChI=1S/C14H22O2SSi/c1-12-6-8-14(9-7-12)17(15,16)11-10-13(2)18(3,4)5/h6-10H,11H2,1-5H3. The van der Waals surface area contributed by atoms with Gasteiger partial charge in [-0.3, -0.25) is 0 Å². The van der Waals surface area contributed by atoms with Gasteiger partial charge in [-0.2, -0.15) is 0 Å². The minimum Gasteiger partial charge on any atom is -0.223 e. The Kier molecular flexibility index (Phi) is 4.56. The van der Waals surface area contributed by atoms with Gasteiger partial charge in [0.05, 0.1) is 18.7 Å². The van der Waals surface area contributed by atoms with Crippen LogP contribution in [0.4, 0.5) is 0 Å². The van der Waals surface area contributed by atoms with E-state index in [1.54, 1.807) is 12.1 Å². The predicted octanol–water partition coefficient (Wildman–Crippen LogP) is 3.59. The van der Waals surface area contributed by atoms with Gasteiger partial charge in [0.25, 0.3) is 0 Å². The minimum atomic E-state index is -3.19. The Bertz CT molecular complexity index is 534. The summed E-state index contributed by atoms with van der Waals surface area (Å²) < 4.78 is 24.3. The van der Waals surface area contributed by atoms with Gasteiger partial charge in [0.1, 0.15) is 0 Å². The first-order valence-electron chi connectivity index (χ1n) is 6.09. The highest BCUT2D eigenvalue weighted by Gasteiger charge is 2.17. The second-order valence-corrected chi connectivity index (χ2v) is 13.1. The molecule has 0 heterocycles. The lowest BCUT2D eigenvalue weighted by Crippen LogP contribution is -2.22. The first-order chi connectivity index (χ1) is 8.13. The Morgan fingerprint density at radius 1 is 1.17 bits per heavy atom. The van der Waals surface area contributed by atoms with Crippen LogP contribution in [0.25, 0.3) is 0 Å². The molecular weight excluding hydrogens is 260 g/mol. The molecule has 0 bridgehead atoms. The highest BCUT2D eigenvalue weighted by atomic mass is 32.2. The van der Waals surface area contributed by atoms with E-state index < -0.39 is 17.9 Å². The molecule has 0 amide bonds. The molecule has 0 radical (unpaired) electrons. The zero-order valence-electron chi connectivity index (χ0n) is 11.8. The molecule has 0 spiro atoms. The predicted molar refractivity (Wildman–Crippen MR) is 80.3 cm³/mol. The lowest BCUT2D eigenvalue weighted by Gasteiger charge is -2.16. The van der Waals surface area contributed by atoms with Crippen molar-refractivity contribution in [3.8, 4) is 0 Å². The van der Waals surface area contributed by atoms with Crippen LogP contribution in [0, 0.1) is 6.92 Å². The summed E-state index contributed by atoms with van der Waals surface area (Å²) >= 11 is 0. The summed E-state index contributed by atoms with van der Waals surface area (Å²) in [4.78, 5) is 0.410. The number of hydrogen-bond donors (Lipinski definition) is 0. The van der Waals surface area contributed by atoms with Gasteiger partial charge in [-0.25, -0.2) is 8.42 Å². The molecule has 4 heteroatoms. The first kappa shape index (κ1) is 15.2. The van der Waals surface area contributed by atoms with E-state index in [0.29, 0.717) is 4.90 Å². The van der Waals surface area contributed by atoms with Crippen LogP contribution in [0.5, 0.6) is 0 Å². The Balaban J connectivity index is 2.94. The van der Waals surface area contributed by atoms with Gasteiger partial charge < -0.3 is 0 Å². The fourth-order valence-corrected chi connectivity index (χ4v) is 3.46. The van der Waals surface area contributed by atoms with E-state index in [1.807, 2.05) is 32.1 Å². The third-order valence-corrected chi connectivity index (χ3v) is 7.34. The summed E-state index contributed by atoms with van der Waals surface area (Å²) in [5.74, 6) is 0.103.